The molecule has 2 rings (SSSR count). The van der Waals surface area contributed by atoms with E-state index in [2.05, 4.69) is 10.3 Å². The van der Waals surface area contributed by atoms with Gasteiger partial charge in [-0.05, 0) is 24.7 Å². The summed E-state index contributed by atoms with van der Waals surface area (Å²) < 4.78 is 19.2. The van der Waals surface area contributed by atoms with E-state index in [0.29, 0.717) is 22.9 Å². The summed E-state index contributed by atoms with van der Waals surface area (Å²) in [6, 6.07) is 8.03. The Hall–Kier alpha value is -1.65. The largest absolute Gasteiger partial charge is 0.497 e. The van der Waals surface area contributed by atoms with Crippen LogP contribution in [0.4, 0.5) is 4.39 Å². The highest BCUT2D eigenvalue weighted by Gasteiger charge is 2.18. The Kier molecular flexibility index (Phi) is 4.93. The molecule has 0 spiro atoms. The van der Waals surface area contributed by atoms with Gasteiger partial charge in [-0.1, -0.05) is 24.6 Å². The normalized spacial score (nSPS) is 12.2. The van der Waals surface area contributed by atoms with E-state index in [1.165, 1.54) is 13.2 Å². The minimum Gasteiger partial charge on any atom is -0.497 e. The molecule has 0 saturated carbocycles. The van der Waals surface area contributed by atoms with Crippen LogP contribution in [0.2, 0.25) is 5.02 Å². The number of ether oxygens (including phenoxy) is 1. The summed E-state index contributed by atoms with van der Waals surface area (Å²) in [6.45, 7) is 2.66. The van der Waals surface area contributed by atoms with Crippen LogP contribution < -0.4 is 10.1 Å². The number of rotatable bonds is 5. The fourth-order valence-corrected chi connectivity index (χ4v) is 2.12. The average Bonchev–Trinajstić information content (AvgIpc) is 2.46. The van der Waals surface area contributed by atoms with Gasteiger partial charge in [0.1, 0.15) is 11.6 Å². The molecule has 106 valence electrons. The van der Waals surface area contributed by atoms with Crippen molar-refractivity contribution in [1.82, 2.24) is 10.3 Å². The van der Waals surface area contributed by atoms with E-state index in [0.717, 1.165) is 5.69 Å². The third-order valence-corrected chi connectivity index (χ3v) is 3.20. The molecule has 1 unspecified atom stereocenters. The maximum atomic E-state index is 14.2. The van der Waals surface area contributed by atoms with Gasteiger partial charge in [0.15, 0.2) is 0 Å². The van der Waals surface area contributed by atoms with Crippen LogP contribution in [0.1, 0.15) is 24.2 Å². The van der Waals surface area contributed by atoms with Crippen LogP contribution in [0.25, 0.3) is 0 Å². The number of benzene rings is 1. The summed E-state index contributed by atoms with van der Waals surface area (Å²) in [6.07, 6.45) is 1.56. The minimum atomic E-state index is -0.327. The molecule has 2 aromatic rings. The lowest BCUT2D eigenvalue weighted by atomic mass is 10.0. The molecule has 1 N–H and O–H groups in total. The number of pyridine rings is 1. The van der Waals surface area contributed by atoms with Gasteiger partial charge in [-0.2, -0.15) is 0 Å². The number of hydrogen-bond donors (Lipinski definition) is 1. The topological polar surface area (TPSA) is 34.2 Å². The van der Waals surface area contributed by atoms with E-state index >= 15 is 0 Å². The van der Waals surface area contributed by atoms with E-state index in [-0.39, 0.29) is 11.9 Å². The maximum Gasteiger partial charge on any atom is 0.132 e. The van der Waals surface area contributed by atoms with Crippen LogP contribution in [0.3, 0.4) is 0 Å². The molecule has 0 fully saturated rings. The van der Waals surface area contributed by atoms with Crippen LogP contribution in [0, 0.1) is 5.82 Å². The van der Waals surface area contributed by atoms with Crippen LogP contribution in [-0.4, -0.2) is 18.6 Å². The first kappa shape index (κ1) is 14.8. The third-order valence-electron chi connectivity index (χ3n) is 2.97. The molecule has 0 aliphatic carbocycles. The highest BCUT2D eigenvalue weighted by Crippen LogP contribution is 2.26. The predicted octanol–water partition coefficient (Wildman–Crippen LogP) is 3.58. The molecule has 0 amide bonds. The van der Waals surface area contributed by atoms with Gasteiger partial charge in [0.25, 0.3) is 0 Å². The Morgan fingerprint density at radius 2 is 2.15 bits per heavy atom. The number of methoxy groups -OCH3 is 1. The van der Waals surface area contributed by atoms with E-state index in [4.69, 9.17) is 16.3 Å². The van der Waals surface area contributed by atoms with Crippen LogP contribution in [-0.2, 0) is 0 Å². The number of halogens is 2. The fraction of sp³-hybridized carbons (Fsp3) is 0.267. The Labute approximate surface area is 122 Å². The summed E-state index contributed by atoms with van der Waals surface area (Å²) in [5.41, 5.74) is 1.25. The molecule has 1 heterocycles. The van der Waals surface area contributed by atoms with Gasteiger partial charge in [0.2, 0.25) is 0 Å². The molecule has 5 heteroatoms. The van der Waals surface area contributed by atoms with E-state index in [1.807, 2.05) is 6.92 Å². The van der Waals surface area contributed by atoms with Gasteiger partial charge in [0.05, 0.1) is 23.9 Å². The summed E-state index contributed by atoms with van der Waals surface area (Å²) in [7, 11) is 1.51. The minimum absolute atomic E-state index is 0.317. The molecular weight excluding hydrogens is 279 g/mol. The second-order valence-electron chi connectivity index (χ2n) is 4.28. The van der Waals surface area contributed by atoms with Crippen molar-refractivity contribution in [2.75, 3.05) is 13.7 Å². The summed E-state index contributed by atoms with van der Waals surface area (Å²) >= 11 is 5.84. The Morgan fingerprint density at radius 1 is 1.35 bits per heavy atom. The number of hydrogen-bond acceptors (Lipinski definition) is 3. The van der Waals surface area contributed by atoms with E-state index < -0.39 is 0 Å². The summed E-state index contributed by atoms with van der Waals surface area (Å²) in [5, 5.41) is 3.78. The van der Waals surface area contributed by atoms with E-state index in [1.54, 1.807) is 30.5 Å². The quantitative estimate of drug-likeness (QED) is 0.915. The second-order valence-corrected chi connectivity index (χ2v) is 4.72. The highest BCUT2D eigenvalue weighted by molar-refractivity contribution is 6.30. The van der Waals surface area contributed by atoms with Crippen molar-refractivity contribution in [3.05, 3.63) is 58.6 Å². The number of nitrogens with zero attached hydrogens (tertiary/aromatic N) is 1. The van der Waals surface area contributed by atoms with Gasteiger partial charge in [-0.25, -0.2) is 4.39 Å². The summed E-state index contributed by atoms with van der Waals surface area (Å²) in [4.78, 5) is 4.26. The van der Waals surface area contributed by atoms with Crippen LogP contribution >= 0.6 is 11.6 Å². The molecular formula is C15H16ClFN2O. The molecule has 0 aliphatic heterocycles. The third kappa shape index (κ3) is 3.26. The lowest BCUT2D eigenvalue weighted by Gasteiger charge is -2.19. The second kappa shape index (κ2) is 6.68. The maximum absolute atomic E-state index is 14.2. The van der Waals surface area contributed by atoms with Crippen molar-refractivity contribution in [3.63, 3.8) is 0 Å². The molecule has 0 radical (unpaired) electrons. The standard InChI is InChI=1S/C15H16ClFN2O/c1-3-18-15(14-7-4-10(16)9-19-14)12-6-5-11(20-2)8-13(12)17/h4-9,15,18H,3H2,1-2H3. The van der Waals surface area contributed by atoms with Gasteiger partial charge in [-0.3, -0.25) is 4.98 Å². The number of aromatic nitrogens is 1. The van der Waals surface area contributed by atoms with Crippen molar-refractivity contribution in [3.8, 4) is 5.75 Å². The Bertz CT molecular complexity index is 575. The van der Waals surface area contributed by atoms with Gasteiger partial charge < -0.3 is 10.1 Å². The zero-order valence-electron chi connectivity index (χ0n) is 11.4. The molecule has 0 aliphatic rings. The predicted molar refractivity (Wildman–Crippen MR) is 77.7 cm³/mol. The van der Waals surface area contributed by atoms with Crippen molar-refractivity contribution in [2.45, 2.75) is 13.0 Å². The number of nitrogens with one attached hydrogen (secondary N) is 1. The zero-order chi connectivity index (χ0) is 14.5. The first-order chi connectivity index (χ1) is 9.65. The van der Waals surface area contributed by atoms with Crippen molar-refractivity contribution >= 4 is 11.6 Å². The first-order valence-corrected chi connectivity index (χ1v) is 6.71. The molecule has 1 aromatic heterocycles. The fourth-order valence-electron chi connectivity index (χ4n) is 2.00. The zero-order valence-corrected chi connectivity index (χ0v) is 12.1. The lowest BCUT2D eigenvalue weighted by molar-refractivity contribution is 0.410. The van der Waals surface area contributed by atoms with Gasteiger partial charge in [-0.15, -0.1) is 0 Å². The average molecular weight is 295 g/mol. The molecule has 0 saturated heterocycles. The van der Waals surface area contributed by atoms with Crippen molar-refractivity contribution in [2.24, 2.45) is 0 Å². The van der Waals surface area contributed by atoms with Crippen LogP contribution in [0.15, 0.2) is 36.5 Å². The molecule has 20 heavy (non-hydrogen) atoms. The molecule has 3 nitrogen and oxygen atoms in total. The molecule has 1 atom stereocenters. The van der Waals surface area contributed by atoms with Crippen LogP contribution in [0.5, 0.6) is 5.75 Å². The smallest absolute Gasteiger partial charge is 0.132 e. The van der Waals surface area contributed by atoms with E-state index in [9.17, 15) is 4.39 Å². The van der Waals surface area contributed by atoms with Gasteiger partial charge in [0, 0.05) is 17.8 Å². The highest BCUT2D eigenvalue weighted by atomic mass is 35.5. The SMILES string of the molecule is CCNC(c1ccc(Cl)cn1)c1ccc(OC)cc1F. The van der Waals surface area contributed by atoms with Crippen molar-refractivity contribution in [1.29, 1.82) is 0 Å². The van der Waals surface area contributed by atoms with Crippen molar-refractivity contribution < 1.29 is 9.13 Å². The summed E-state index contributed by atoms with van der Waals surface area (Å²) in [5.74, 6) is 0.164. The first-order valence-electron chi connectivity index (χ1n) is 6.34. The molecule has 0 bridgehead atoms. The lowest BCUT2D eigenvalue weighted by Crippen LogP contribution is -2.23. The Balaban J connectivity index is 2.40. The van der Waals surface area contributed by atoms with Gasteiger partial charge >= 0.3 is 0 Å². The monoisotopic (exact) mass is 294 g/mol. The Morgan fingerprint density at radius 3 is 2.70 bits per heavy atom. The molecule has 1 aromatic carbocycles.